The van der Waals surface area contributed by atoms with Crippen LogP contribution in [-0.4, -0.2) is 27.6 Å². The van der Waals surface area contributed by atoms with Crippen molar-refractivity contribution in [3.63, 3.8) is 0 Å². The lowest BCUT2D eigenvalue weighted by Crippen LogP contribution is -2.44. The van der Waals surface area contributed by atoms with E-state index >= 15 is 0 Å². The lowest BCUT2D eigenvalue weighted by Gasteiger charge is -2.33. The van der Waals surface area contributed by atoms with Crippen molar-refractivity contribution in [1.82, 2.24) is 20.4 Å². The highest BCUT2D eigenvalue weighted by Gasteiger charge is 2.34. The molecule has 122 valence electrons. The van der Waals surface area contributed by atoms with Gasteiger partial charge in [-0.25, -0.2) is 4.79 Å². The van der Waals surface area contributed by atoms with Crippen LogP contribution in [0.1, 0.15) is 61.5 Å². The van der Waals surface area contributed by atoms with Gasteiger partial charge in [0.2, 0.25) is 5.89 Å². The Labute approximate surface area is 134 Å². The summed E-state index contributed by atoms with van der Waals surface area (Å²) in [7, 11) is 0. The lowest BCUT2D eigenvalue weighted by atomic mass is 10.0. The van der Waals surface area contributed by atoms with Gasteiger partial charge in [-0.3, -0.25) is 0 Å². The number of hydrogen-bond acceptors (Lipinski definition) is 5. The number of likely N-dealkylation sites (tertiary alicyclic amines) is 1. The first-order valence-corrected chi connectivity index (χ1v) is 8.21. The van der Waals surface area contributed by atoms with Crippen LogP contribution in [0.15, 0.2) is 27.3 Å². The molecule has 0 aromatic carbocycles. The summed E-state index contributed by atoms with van der Waals surface area (Å²) >= 11 is 0. The number of aromatic nitrogens is 2. The zero-order valence-corrected chi connectivity index (χ0v) is 12.9. The number of hydrogen-bond donors (Lipinski definition) is 1. The minimum Gasteiger partial charge on any atom is -0.467 e. The fourth-order valence-electron chi connectivity index (χ4n) is 3.00. The number of nitrogens with one attached hydrogen (secondary N) is 1. The Bertz CT molecular complexity index is 663. The maximum atomic E-state index is 12.5. The summed E-state index contributed by atoms with van der Waals surface area (Å²) in [5.74, 6) is 2.55. The van der Waals surface area contributed by atoms with Crippen LogP contribution in [0.2, 0.25) is 0 Å². The smallest absolute Gasteiger partial charge is 0.318 e. The Morgan fingerprint density at radius 2 is 2.26 bits per heavy atom. The SMILES string of the molecule is O=C(NCc1ccco1)N1CCCCC1c1nc(C2CC2)no1. The second-order valence-electron chi connectivity index (χ2n) is 6.21. The molecule has 7 heteroatoms. The zero-order valence-electron chi connectivity index (χ0n) is 12.9. The van der Waals surface area contributed by atoms with Crippen LogP contribution in [-0.2, 0) is 6.54 Å². The van der Waals surface area contributed by atoms with E-state index in [0.717, 1.165) is 43.7 Å². The molecule has 1 saturated carbocycles. The van der Waals surface area contributed by atoms with E-state index in [-0.39, 0.29) is 12.1 Å². The van der Waals surface area contributed by atoms with Gasteiger partial charge in [0.05, 0.1) is 12.8 Å². The quantitative estimate of drug-likeness (QED) is 0.937. The predicted octanol–water partition coefficient (Wildman–Crippen LogP) is 2.98. The van der Waals surface area contributed by atoms with Crippen molar-refractivity contribution in [2.24, 2.45) is 0 Å². The van der Waals surface area contributed by atoms with Gasteiger partial charge in [0.25, 0.3) is 0 Å². The third-order valence-electron chi connectivity index (χ3n) is 4.44. The van der Waals surface area contributed by atoms with Crippen LogP contribution in [0.4, 0.5) is 4.79 Å². The first kappa shape index (κ1) is 14.3. The first-order valence-electron chi connectivity index (χ1n) is 8.21. The van der Waals surface area contributed by atoms with E-state index in [9.17, 15) is 4.79 Å². The van der Waals surface area contributed by atoms with E-state index < -0.39 is 0 Å². The van der Waals surface area contributed by atoms with Crippen molar-refractivity contribution in [3.8, 4) is 0 Å². The molecule has 2 aromatic rings. The summed E-state index contributed by atoms with van der Waals surface area (Å²) in [4.78, 5) is 18.8. The Hall–Kier alpha value is -2.31. The number of piperidine rings is 1. The van der Waals surface area contributed by atoms with Crippen molar-refractivity contribution in [2.75, 3.05) is 6.54 Å². The maximum absolute atomic E-state index is 12.5. The van der Waals surface area contributed by atoms with Crippen LogP contribution in [0, 0.1) is 0 Å². The summed E-state index contributed by atoms with van der Waals surface area (Å²) in [6, 6.07) is 3.41. The summed E-state index contributed by atoms with van der Waals surface area (Å²) in [5.41, 5.74) is 0. The highest BCUT2D eigenvalue weighted by molar-refractivity contribution is 5.74. The van der Waals surface area contributed by atoms with Gasteiger partial charge in [-0.2, -0.15) is 4.98 Å². The maximum Gasteiger partial charge on any atom is 0.318 e. The Kier molecular flexibility index (Phi) is 3.77. The van der Waals surface area contributed by atoms with Crippen molar-refractivity contribution < 1.29 is 13.7 Å². The van der Waals surface area contributed by atoms with E-state index in [1.165, 1.54) is 0 Å². The van der Waals surface area contributed by atoms with Gasteiger partial charge < -0.3 is 19.2 Å². The summed E-state index contributed by atoms with van der Waals surface area (Å²) in [5, 5.41) is 6.97. The standard InChI is InChI=1S/C16H20N4O3/c21-16(17-10-12-4-3-9-22-12)20-8-2-1-5-13(20)15-18-14(19-23-15)11-6-7-11/h3-4,9,11,13H,1-2,5-8,10H2,(H,17,21). The number of furan rings is 1. The molecule has 1 N–H and O–H groups in total. The lowest BCUT2D eigenvalue weighted by molar-refractivity contribution is 0.131. The third kappa shape index (κ3) is 3.09. The summed E-state index contributed by atoms with van der Waals surface area (Å²) in [6.45, 7) is 1.09. The number of carbonyl (C=O) groups excluding carboxylic acids is 1. The molecule has 1 unspecified atom stereocenters. The largest absolute Gasteiger partial charge is 0.467 e. The van der Waals surface area contributed by atoms with E-state index in [1.807, 2.05) is 12.1 Å². The fourth-order valence-corrected chi connectivity index (χ4v) is 3.00. The first-order chi connectivity index (χ1) is 11.3. The van der Waals surface area contributed by atoms with Gasteiger partial charge in [-0.15, -0.1) is 0 Å². The molecule has 23 heavy (non-hydrogen) atoms. The highest BCUT2D eigenvalue weighted by atomic mass is 16.5. The normalized spacial score (nSPS) is 21.4. The van der Waals surface area contributed by atoms with Gasteiger partial charge in [0.1, 0.15) is 11.8 Å². The van der Waals surface area contributed by atoms with Crippen molar-refractivity contribution >= 4 is 6.03 Å². The molecular weight excluding hydrogens is 296 g/mol. The predicted molar refractivity (Wildman–Crippen MR) is 80.5 cm³/mol. The van der Waals surface area contributed by atoms with Gasteiger partial charge in [0, 0.05) is 12.5 Å². The number of rotatable bonds is 4. The third-order valence-corrected chi connectivity index (χ3v) is 4.44. The monoisotopic (exact) mass is 316 g/mol. The minimum absolute atomic E-state index is 0.114. The van der Waals surface area contributed by atoms with Crippen LogP contribution >= 0.6 is 0 Å². The van der Waals surface area contributed by atoms with Gasteiger partial charge in [-0.05, 0) is 44.2 Å². The molecule has 1 saturated heterocycles. The minimum atomic E-state index is -0.125. The topological polar surface area (TPSA) is 84.4 Å². The molecule has 4 rings (SSSR count). The molecule has 0 radical (unpaired) electrons. The second kappa shape index (κ2) is 6.06. The fraction of sp³-hybridized carbons (Fsp3) is 0.562. The van der Waals surface area contributed by atoms with Crippen LogP contribution in [0.25, 0.3) is 0 Å². The summed E-state index contributed by atoms with van der Waals surface area (Å²) in [6.07, 6.45) is 6.79. The average molecular weight is 316 g/mol. The second-order valence-corrected chi connectivity index (χ2v) is 6.21. The molecule has 1 aliphatic heterocycles. The van der Waals surface area contributed by atoms with E-state index in [0.29, 0.717) is 24.9 Å². The molecule has 2 fully saturated rings. The van der Waals surface area contributed by atoms with Gasteiger partial charge >= 0.3 is 6.03 Å². The molecule has 3 heterocycles. The van der Waals surface area contributed by atoms with Crippen molar-refractivity contribution in [3.05, 3.63) is 35.9 Å². The van der Waals surface area contributed by atoms with Crippen LogP contribution < -0.4 is 5.32 Å². The highest BCUT2D eigenvalue weighted by Crippen LogP contribution is 2.39. The molecule has 1 aliphatic carbocycles. The van der Waals surface area contributed by atoms with E-state index in [1.54, 1.807) is 11.2 Å². The molecule has 0 bridgehead atoms. The van der Waals surface area contributed by atoms with Crippen molar-refractivity contribution in [2.45, 2.75) is 50.6 Å². The Morgan fingerprint density at radius 1 is 1.35 bits per heavy atom. The molecule has 2 amide bonds. The van der Waals surface area contributed by atoms with Gasteiger partial charge in [-0.1, -0.05) is 5.16 Å². The molecule has 2 aromatic heterocycles. The molecule has 2 aliphatic rings. The number of amides is 2. The Balaban J connectivity index is 1.44. The summed E-state index contributed by atoms with van der Waals surface area (Å²) < 4.78 is 10.7. The number of urea groups is 1. The van der Waals surface area contributed by atoms with Gasteiger partial charge in [0.15, 0.2) is 5.82 Å². The molecule has 0 spiro atoms. The molecular formula is C16H20N4O3. The molecule has 7 nitrogen and oxygen atoms in total. The number of nitrogens with zero attached hydrogens (tertiary/aromatic N) is 3. The molecule has 1 atom stereocenters. The van der Waals surface area contributed by atoms with Crippen LogP contribution in [0.3, 0.4) is 0 Å². The van der Waals surface area contributed by atoms with E-state index in [4.69, 9.17) is 8.94 Å². The van der Waals surface area contributed by atoms with Crippen molar-refractivity contribution in [1.29, 1.82) is 0 Å². The Morgan fingerprint density at radius 3 is 3.04 bits per heavy atom. The average Bonchev–Trinajstić information content (AvgIpc) is 3.11. The zero-order chi connectivity index (χ0) is 15.6. The van der Waals surface area contributed by atoms with Crippen LogP contribution in [0.5, 0.6) is 0 Å². The number of carbonyl (C=O) groups is 1. The van der Waals surface area contributed by atoms with E-state index in [2.05, 4.69) is 15.5 Å².